The van der Waals surface area contributed by atoms with E-state index in [1.165, 1.54) is 12.8 Å². The molecule has 1 aliphatic heterocycles. The Morgan fingerprint density at radius 2 is 1.65 bits per heavy atom. The van der Waals surface area contributed by atoms with E-state index in [0.29, 0.717) is 30.9 Å². The monoisotopic (exact) mass is 291 g/mol. The number of halogens is 3. The molecule has 0 amide bonds. The molecule has 0 spiro atoms. The molecule has 3 rings (SSSR count). The van der Waals surface area contributed by atoms with E-state index in [9.17, 15) is 13.2 Å². The average Bonchev–Trinajstić information content (AvgIpc) is 3.23. The highest BCUT2D eigenvalue weighted by Gasteiger charge is 2.43. The van der Waals surface area contributed by atoms with Crippen molar-refractivity contribution in [3.63, 3.8) is 0 Å². The van der Waals surface area contributed by atoms with E-state index in [0.717, 1.165) is 25.9 Å². The molecule has 20 heavy (non-hydrogen) atoms. The Hall–Kier alpha value is -0.290. The van der Waals surface area contributed by atoms with Crippen LogP contribution in [0, 0.1) is 11.8 Å². The molecule has 3 aliphatic rings. The fourth-order valence-corrected chi connectivity index (χ4v) is 3.75. The molecule has 2 saturated carbocycles. The van der Waals surface area contributed by atoms with Crippen LogP contribution >= 0.6 is 0 Å². The number of hydrogen-bond donors (Lipinski definition) is 1. The van der Waals surface area contributed by atoms with Crippen molar-refractivity contribution in [1.29, 1.82) is 0 Å². The van der Waals surface area contributed by atoms with E-state index in [-0.39, 0.29) is 12.5 Å². The van der Waals surface area contributed by atoms with Gasteiger partial charge in [0.1, 0.15) is 0 Å². The first-order valence-electron chi connectivity index (χ1n) is 7.96. The molecular weight excluding hydrogens is 267 g/mol. The second-order valence-corrected chi connectivity index (χ2v) is 6.74. The predicted octanol–water partition coefficient (Wildman–Crippen LogP) is 3.65. The SMILES string of the molecule is FC(F)(F)[C@@H]1CCC[C@H](N[C@H]2CCO[C@@H](C3CC3)C2)C1. The van der Waals surface area contributed by atoms with Gasteiger partial charge in [0.2, 0.25) is 0 Å². The van der Waals surface area contributed by atoms with Crippen LogP contribution in [0.4, 0.5) is 13.2 Å². The smallest absolute Gasteiger partial charge is 0.378 e. The lowest BCUT2D eigenvalue weighted by atomic mass is 9.84. The van der Waals surface area contributed by atoms with E-state index in [4.69, 9.17) is 4.74 Å². The fourth-order valence-electron chi connectivity index (χ4n) is 3.75. The first-order chi connectivity index (χ1) is 9.52. The van der Waals surface area contributed by atoms with Crippen LogP contribution in [-0.4, -0.2) is 31.0 Å². The van der Waals surface area contributed by atoms with Gasteiger partial charge in [0, 0.05) is 18.7 Å². The summed E-state index contributed by atoms with van der Waals surface area (Å²) in [6.45, 7) is 0.758. The lowest BCUT2D eigenvalue weighted by molar-refractivity contribution is -0.184. The van der Waals surface area contributed by atoms with Crippen molar-refractivity contribution < 1.29 is 17.9 Å². The van der Waals surface area contributed by atoms with Crippen LogP contribution in [0.25, 0.3) is 0 Å². The minimum Gasteiger partial charge on any atom is -0.378 e. The van der Waals surface area contributed by atoms with Gasteiger partial charge >= 0.3 is 6.18 Å². The van der Waals surface area contributed by atoms with Gasteiger partial charge in [-0.15, -0.1) is 0 Å². The molecule has 0 bridgehead atoms. The Morgan fingerprint density at radius 3 is 2.35 bits per heavy atom. The van der Waals surface area contributed by atoms with E-state index in [1.54, 1.807) is 0 Å². The molecule has 2 aliphatic carbocycles. The van der Waals surface area contributed by atoms with Crippen LogP contribution in [0.1, 0.15) is 51.4 Å². The quantitative estimate of drug-likeness (QED) is 0.857. The van der Waals surface area contributed by atoms with Crippen molar-refractivity contribution in [2.75, 3.05) is 6.61 Å². The van der Waals surface area contributed by atoms with Crippen molar-refractivity contribution >= 4 is 0 Å². The second kappa shape index (κ2) is 5.84. The molecule has 1 saturated heterocycles. The lowest BCUT2D eigenvalue weighted by Gasteiger charge is -2.37. The molecule has 4 atom stereocenters. The summed E-state index contributed by atoms with van der Waals surface area (Å²) >= 11 is 0. The summed E-state index contributed by atoms with van der Waals surface area (Å²) < 4.78 is 44.2. The van der Waals surface area contributed by atoms with Gasteiger partial charge in [-0.05, 0) is 50.9 Å². The minimum atomic E-state index is -4.02. The molecule has 0 aromatic carbocycles. The number of hydrogen-bond acceptors (Lipinski definition) is 2. The molecule has 0 unspecified atom stereocenters. The first-order valence-corrected chi connectivity index (χ1v) is 7.96. The fraction of sp³-hybridized carbons (Fsp3) is 1.00. The van der Waals surface area contributed by atoms with Gasteiger partial charge in [-0.3, -0.25) is 0 Å². The standard InChI is InChI=1S/C15H24F3NO/c16-15(17,18)11-2-1-3-12(8-11)19-13-6-7-20-14(9-13)10-4-5-10/h10-14,19H,1-9H2/t11-,12+,13+,14-/m1/s1. The van der Waals surface area contributed by atoms with Crippen molar-refractivity contribution in [3.8, 4) is 0 Å². The molecule has 5 heteroatoms. The van der Waals surface area contributed by atoms with E-state index >= 15 is 0 Å². The highest BCUT2D eigenvalue weighted by molar-refractivity contribution is 4.90. The Kier molecular flexibility index (Phi) is 4.27. The number of rotatable bonds is 3. The van der Waals surface area contributed by atoms with Gasteiger partial charge in [-0.1, -0.05) is 6.42 Å². The zero-order valence-electron chi connectivity index (χ0n) is 11.8. The summed E-state index contributed by atoms with van der Waals surface area (Å²) in [7, 11) is 0. The summed E-state index contributed by atoms with van der Waals surface area (Å²) in [6.07, 6.45) is 2.92. The maximum absolute atomic E-state index is 12.8. The Balaban J connectivity index is 1.49. The van der Waals surface area contributed by atoms with Crippen LogP contribution in [0.2, 0.25) is 0 Å². The lowest BCUT2D eigenvalue weighted by Crippen LogP contribution is -2.47. The highest BCUT2D eigenvalue weighted by Crippen LogP contribution is 2.40. The third kappa shape index (κ3) is 3.67. The minimum absolute atomic E-state index is 0.0401. The molecule has 0 aromatic rings. The van der Waals surface area contributed by atoms with Crippen molar-refractivity contribution in [2.45, 2.75) is 75.7 Å². The summed E-state index contributed by atoms with van der Waals surface area (Å²) in [5.41, 5.74) is 0. The molecule has 2 nitrogen and oxygen atoms in total. The number of alkyl halides is 3. The Bertz CT molecular complexity index is 330. The van der Waals surface area contributed by atoms with Gasteiger partial charge in [-0.2, -0.15) is 13.2 Å². The summed E-state index contributed by atoms with van der Waals surface area (Å²) in [5, 5.41) is 3.49. The van der Waals surface area contributed by atoms with Crippen molar-refractivity contribution in [1.82, 2.24) is 5.32 Å². The topological polar surface area (TPSA) is 21.3 Å². The zero-order valence-corrected chi connectivity index (χ0v) is 11.8. The van der Waals surface area contributed by atoms with Gasteiger partial charge in [-0.25, -0.2) is 0 Å². The highest BCUT2D eigenvalue weighted by atomic mass is 19.4. The van der Waals surface area contributed by atoms with E-state index in [2.05, 4.69) is 5.32 Å². The normalized spacial score (nSPS) is 39.8. The summed E-state index contributed by atoms with van der Waals surface area (Å²) in [5.74, 6) is -0.387. The van der Waals surface area contributed by atoms with Crippen molar-refractivity contribution in [2.24, 2.45) is 11.8 Å². The molecule has 3 fully saturated rings. The largest absolute Gasteiger partial charge is 0.391 e. The van der Waals surface area contributed by atoms with Crippen LogP contribution in [0.3, 0.4) is 0 Å². The van der Waals surface area contributed by atoms with E-state index < -0.39 is 12.1 Å². The van der Waals surface area contributed by atoms with Crippen molar-refractivity contribution in [3.05, 3.63) is 0 Å². The molecule has 1 heterocycles. The van der Waals surface area contributed by atoms with Gasteiger partial charge in [0.25, 0.3) is 0 Å². The van der Waals surface area contributed by atoms with Gasteiger partial charge in [0.05, 0.1) is 12.0 Å². The third-order valence-electron chi connectivity index (χ3n) is 5.07. The Morgan fingerprint density at radius 1 is 0.900 bits per heavy atom. The summed E-state index contributed by atoms with van der Waals surface area (Å²) in [6, 6.07) is 0.393. The molecule has 1 N–H and O–H groups in total. The zero-order chi connectivity index (χ0) is 14.2. The molecule has 0 aromatic heterocycles. The van der Waals surface area contributed by atoms with E-state index in [1.807, 2.05) is 0 Å². The maximum Gasteiger partial charge on any atom is 0.391 e. The van der Waals surface area contributed by atoms with Gasteiger partial charge < -0.3 is 10.1 Å². The second-order valence-electron chi connectivity index (χ2n) is 6.74. The van der Waals surface area contributed by atoms with Crippen LogP contribution in [0.5, 0.6) is 0 Å². The molecule has 116 valence electrons. The predicted molar refractivity (Wildman–Crippen MR) is 70.4 cm³/mol. The number of nitrogens with one attached hydrogen (secondary N) is 1. The van der Waals surface area contributed by atoms with Crippen LogP contribution in [0.15, 0.2) is 0 Å². The average molecular weight is 291 g/mol. The summed E-state index contributed by atoms with van der Waals surface area (Å²) in [4.78, 5) is 0. The maximum atomic E-state index is 12.8. The van der Waals surface area contributed by atoms with Gasteiger partial charge in [0.15, 0.2) is 0 Å². The first kappa shape index (κ1) is 14.6. The number of ether oxygens (including phenoxy) is 1. The Labute approximate surface area is 118 Å². The van der Waals surface area contributed by atoms with Crippen LogP contribution in [-0.2, 0) is 4.74 Å². The van der Waals surface area contributed by atoms with Crippen LogP contribution < -0.4 is 5.32 Å². The third-order valence-corrected chi connectivity index (χ3v) is 5.07. The molecule has 0 radical (unpaired) electrons. The molecular formula is C15H24F3NO.